The van der Waals surface area contributed by atoms with E-state index in [4.69, 9.17) is 5.11 Å². The third-order valence-corrected chi connectivity index (χ3v) is 3.77. The SMILES string of the molecule is C[S@+]([O-])c1ncccc1N1CCN(C(=O)O)CC1. The van der Waals surface area contributed by atoms with Crippen LogP contribution in [0.25, 0.3) is 0 Å². The first-order chi connectivity index (χ1) is 8.59. The topological polar surface area (TPSA) is 79.7 Å². The second-order valence-electron chi connectivity index (χ2n) is 4.04. The average Bonchev–Trinajstić information content (AvgIpc) is 2.39. The summed E-state index contributed by atoms with van der Waals surface area (Å²) in [6.45, 7) is 2.12. The van der Waals surface area contributed by atoms with Gasteiger partial charge in [0, 0.05) is 43.6 Å². The van der Waals surface area contributed by atoms with Crippen molar-refractivity contribution in [2.45, 2.75) is 5.03 Å². The fraction of sp³-hybridized carbons (Fsp3) is 0.455. The van der Waals surface area contributed by atoms with E-state index in [1.807, 2.05) is 11.0 Å². The maximum Gasteiger partial charge on any atom is 0.407 e. The Labute approximate surface area is 108 Å². The number of aromatic nitrogens is 1. The van der Waals surface area contributed by atoms with Gasteiger partial charge in [-0.3, -0.25) is 0 Å². The van der Waals surface area contributed by atoms with E-state index in [0.717, 1.165) is 5.69 Å². The third kappa shape index (κ3) is 2.68. The van der Waals surface area contributed by atoms with Crippen LogP contribution in [0.2, 0.25) is 0 Å². The molecule has 1 N–H and O–H groups in total. The molecule has 98 valence electrons. The number of carbonyl (C=O) groups is 1. The smallest absolute Gasteiger partial charge is 0.407 e. The lowest BCUT2D eigenvalue weighted by molar-refractivity contribution is 0.142. The van der Waals surface area contributed by atoms with Crippen molar-refractivity contribution < 1.29 is 14.5 Å². The summed E-state index contributed by atoms with van der Waals surface area (Å²) in [6.07, 6.45) is 2.33. The molecule has 1 aliphatic heterocycles. The number of anilines is 1. The molecule has 0 unspecified atom stereocenters. The summed E-state index contributed by atoms with van der Waals surface area (Å²) in [5.74, 6) is 0. The summed E-state index contributed by atoms with van der Waals surface area (Å²) in [5.41, 5.74) is 0.836. The minimum atomic E-state index is -1.14. The predicted molar refractivity (Wildman–Crippen MR) is 68.4 cm³/mol. The second kappa shape index (κ2) is 5.45. The maximum absolute atomic E-state index is 11.6. The van der Waals surface area contributed by atoms with Crippen LogP contribution in [0.3, 0.4) is 0 Å². The number of carboxylic acid groups (broad SMARTS) is 1. The van der Waals surface area contributed by atoms with Crippen molar-refractivity contribution >= 4 is 23.0 Å². The van der Waals surface area contributed by atoms with Crippen LogP contribution in [-0.4, -0.2) is 58.1 Å². The Morgan fingerprint density at radius 2 is 2.11 bits per heavy atom. The van der Waals surface area contributed by atoms with Crippen molar-refractivity contribution in [2.75, 3.05) is 37.3 Å². The van der Waals surface area contributed by atoms with Crippen molar-refractivity contribution in [3.8, 4) is 0 Å². The molecule has 6 nitrogen and oxygen atoms in total. The fourth-order valence-corrected chi connectivity index (χ4v) is 2.68. The van der Waals surface area contributed by atoms with Crippen LogP contribution >= 0.6 is 0 Å². The van der Waals surface area contributed by atoms with Gasteiger partial charge in [-0.25, -0.2) is 9.78 Å². The average molecular weight is 269 g/mol. The Hall–Kier alpha value is -1.47. The molecule has 1 aromatic rings. The lowest BCUT2D eigenvalue weighted by Gasteiger charge is -2.34. The van der Waals surface area contributed by atoms with E-state index < -0.39 is 17.3 Å². The molecule has 0 bridgehead atoms. The number of nitrogens with zero attached hydrogens (tertiary/aromatic N) is 3. The molecule has 18 heavy (non-hydrogen) atoms. The standard InChI is InChI=1S/C11H15N3O3S/c1-18(17)10-9(3-2-4-12-10)13-5-7-14(8-6-13)11(15)16/h2-4H,5-8H2,1H3,(H,15,16)/t18-/m0/s1. The van der Waals surface area contributed by atoms with Crippen molar-refractivity contribution in [1.82, 2.24) is 9.88 Å². The summed E-state index contributed by atoms with van der Waals surface area (Å²) < 4.78 is 11.6. The number of rotatable bonds is 2. The van der Waals surface area contributed by atoms with E-state index >= 15 is 0 Å². The van der Waals surface area contributed by atoms with Gasteiger partial charge >= 0.3 is 6.09 Å². The molecule has 0 aromatic carbocycles. The fourth-order valence-electron chi connectivity index (χ4n) is 1.98. The molecule has 1 aliphatic rings. The molecule has 2 heterocycles. The van der Waals surface area contributed by atoms with Crippen molar-refractivity contribution in [3.63, 3.8) is 0 Å². The van der Waals surface area contributed by atoms with Gasteiger partial charge in [-0.15, -0.1) is 0 Å². The highest BCUT2D eigenvalue weighted by molar-refractivity contribution is 7.90. The number of amides is 1. The molecule has 1 aromatic heterocycles. The Kier molecular flexibility index (Phi) is 3.93. The van der Waals surface area contributed by atoms with E-state index in [9.17, 15) is 9.35 Å². The minimum Gasteiger partial charge on any atom is -0.610 e. The normalized spacial score (nSPS) is 17.7. The van der Waals surface area contributed by atoms with E-state index in [1.54, 1.807) is 18.5 Å². The van der Waals surface area contributed by atoms with Gasteiger partial charge < -0.3 is 19.5 Å². The largest absolute Gasteiger partial charge is 0.610 e. The first-order valence-corrected chi connectivity index (χ1v) is 7.16. The highest BCUT2D eigenvalue weighted by atomic mass is 32.2. The van der Waals surface area contributed by atoms with Gasteiger partial charge in [-0.05, 0) is 12.1 Å². The van der Waals surface area contributed by atoms with Gasteiger partial charge in [0.15, 0.2) is 0 Å². The zero-order chi connectivity index (χ0) is 13.1. The van der Waals surface area contributed by atoms with E-state index in [1.165, 1.54) is 4.90 Å². The monoisotopic (exact) mass is 269 g/mol. The van der Waals surface area contributed by atoms with Gasteiger partial charge in [0.25, 0.3) is 5.03 Å². The van der Waals surface area contributed by atoms with E-state index in [-0.39, 0.29) is 0 Å². The Bertz CT molecular complexity index is 433. The summed E-state index contributed by atoms with van der Waals surface area (Å²) >= 11 is -1.14. The van der Waals surface area contributed by atoms with E-state index in [0.29, 0.717) is 31.2 Å². The summed E-state index contributed by atoms with van der Waals surface area (Å²) in [5, 5.41) is 9.44. The van der Waals surface area contributed by atoms with Gasteiger partial charge in [0.05, 0.1) is 0 Å². The summed E-state index contributed by atoms with van der Waals surface area (Å²) in [4.78, 5) is 18.4. The summed E-state index contributed by atoms with van der Waals surface area (Å²) in [6, 6.07) is 3.68. The van der Waals surface area contributed by atoms with Crippen molar-refractivity contribution in [2.24, 2.45) is 0 Å². The highest BCUT2D eigenvalue weighted by Crippen LogP contribution is 2.23. The molecule has 1 fully saturated rings. The number of piperazine rings is 1. The quantitative estimate of drug-likeness (QED) is 0.796. The Morgan fingerprint density at radius 1 is 1.44 bits per heavy atom. The van der Waals surface area contributed by atoms with Crippen LogP contribution in [0.15, 0.2) is 23.4 Å². The van der Waals surface area contributed by atoms with Crippen LogP contribution in [0, 0.1) is 0 Å². The number of hydrogen-bond donors (Lipinski definition) is 1. The van der Waals surface area contributed by atoms with Gasteiger partial charge in [0.1, 0.15) is 11.9 Å². The highest BCUT2D eigenvalue weighted by Gasteiger charge is 2.24. The summed E-state index contributed by atoms with van der Waals surface area (Å²) in [7, 11) is 0. The molecule has 0 spiro atoms. The van der Waals surface area contributed by atoms with Crippen LogP contribution in [-0.2, 0) is 11.2 Å². The first kappa shape index (κ1) is 13.0. The Balaban J connectivity index is 2.12. The zero-order valence-corrected chi connectivity index (χ0v) is 10.9. The first-order valence-electron chi connectivity index (χ1n) is 5.61. The van der Waals surface area contributed by atoms with Gasteiger partial charge in [0.2, 0.25) is 0 Å². The van der Waals surface area contributed by atoms with Gasteiger partial charge in [-0.2, -0.15) is 0 Å². The van der Waals surface area contributed by atoms with Crippen LogP contribution in [0.1, 0.15) is 0 Å². The van der Waals surface area contributed by atoms with Crippen molar-refractivity contribution in [1.29, 1.82) is 0 Å². The molecule has 7 heteroatoms. The molecular formula is C11H15N3O3S. The molecule has 2 rings (SSSR count). The Morgan fingerprint density at radius 3 is 2.67 bits per heavy atom. The molecule has 1 saturated heterocycles. The lowest BCUT2D eigenvalue weighted by Crippen LogP contribution is -2.48. The number of pyridine rings is 1. The second-order valence-corrected chi connectivity index (χ2v) is 5.33. The molecule has 0 aliphatic carbocycles. The van der Waals surface area contributed by atoms with Gasteiger partial charge in [-0.1, -0.05) is 0 Å². The van der Waals surface area contributed by atoms with Crippen molar-refractivity contribution in [3.05, 3.63) is 18.3 Å². The molecule has 1 amide bonds. The number of hydrogen-bond acceptors (Lipinski definition) is 4. The minimum absolute atomic E-state index is 0.458. The van der Waals surface area contributed by atoms with Crippen LogP contribution in [0.5, 0.6) is 0 Å². The molecule has 0 saturated carbocycles. The molecular weight excluding hydrogens is 254 g/mol. The van der Waals surface area contributed by atoms with E-state index in [2.05, 4.69) is 4.98 Å². The third-order valence-electron chi connectivity index (χ3n) is 2.91. The molecule has 1 atom stereocenters. The zero-order valence-electron chi connectivity index (χ0n) is 10.1. The molecule has 0 radical (unpaired) electrons. The van der Waals surface area contributed by atoms with Crippen LogP contribution < -0.4 is 4.90 Å². The van der Waals surface area contributed by atoms with Crippen LogP contribution in [0.4, 0.5) is 10.5 Å². The predicted octanol–water partition coefficient (Wildman–Crippen LogP) is 0.619. The maximum atomic E-state index is 11.6. The lowest BCUT2D eigenvalue weighted by atomic mass is 10.3.